The third kappa shape index (κ3) is 4.51. The van der Waals surface area contributed by atoms with Gasteiger partial charge in [-0.15, -0.1) is 11.3 Å². The first kappa shape index (κ1) is 20.3. The van der Waals surface area contributed by atoms with Crippen molar-refractivity contribution in [1.29, 1.82) is 0 Å². The monoisotopic (exact) mass is 403 g/mol. The lowest BCUT2D eigenvalue weighted by Crippen LogP contribution is -2.45. The Morgan fingerprint density at radius 2 is 2.07 bits per heavy atom. The van der Waals surface area contributed by atoms with Gasteiger partial charge >= 0.3 is 0 Å². The minimum absolute atomic E-state index is 0.0406. The molecule has 0 radical (unpaired) electrons. The Balaban J connectivity index is 1.93. The van der Waals surface area contributed by atoms with E-state index in [1.807, 2.05) is 29.5 Å². The molecule has 0 saturated carbocycles. The quantitative estimate of drug-likeness (QED) is 0.769. The predicted molar refractivity (Wildman–Crippen MR) is 107 cm³/mol. The molecule has 7 nitrogen and oxygen atoms in total. The van der Waals surface area contributed by atoms with E-state index in [0.29, 0.717) is 48.8 Å². The standard InChI is InChI=1S/C20H25N3O4S/c1-4-17(19(25)22-8-10-27-11-9-22)23-13-14(2)28-20(23)21-18(24)15-6-5-7-16(12-15)26-3/h5-7,12-13,17H,4,8-11H2,1-3H3. The van der Waals surface area contributed by atoms with E-state index in [2.05, 4.69) is 4.99 Å². The number of aromatic nitrogens is 1. The average molecular weight is 404 g/mol. The number of rotatable bonds is 5. The summed E-state index contributed by atoms with van der Waals surface area (Å²) >= 11 is 1.40. The van der Waals surface area contributed by atoms with Gasteiger partial charge in [-0.25, -0.2) is 0 Å². The van der Waals surface area contributed by atoms with Crippen molar-refractivity contribution in [2.75, 3.05) is 33.4 Å². The minimum Gasteiger partial charge on any atom is -0.497 e. The van der Waals surface area contributed by atoms with Crippen LogP contribution in [-0.2, 0) is 9.53 Å². The second kappa shape index (κ2) is 9.16. The number of carbonyl (C=O) groups excluding carboxylic acids is 2. The molecule has 1 aliphatic rings. The molecule has 150 valence electrons. The molecule has 1 unspecified atom stereocenters. The molecular weight excluding hydrogens is 378 g/mol. The summed E-state index contributed by atoms with van der Waals surface area (Å²) in [4.78, 5) is 33.4. The fourth-order valence-corrected chi connectivity index (χ4v) is 4.04. The van der Waals surface area contributed by atoms with Gasteiger partial charge in [0.05, 0.1) is 20.3 Å². The number of hydrogen-bond donors (Lipinski definition) is 0. The van der Waals surface area contributed by atoms with Crippen molar-refractivity contribution >= 4 is 23.2 Å². The highest BCUT2D eigenvalue weighted by Crippen LogP contribution is 2.18. The molecule has 0 bridgehead atoms. The summed E-state index contributed by atoms with van der Waals surface area (Å²) < 4.78 is 12.4. The molecule has 3 rings (SSSR count). The Kier molecular flexibility index (Phi) is 6.64. The van der Waals surface area contributed by atoms with Gasteiger partial charge in [-0.3, -0.25) is 9.59 Å². The summed E-state index contributed by atoms with van der Waals surface area (Å²) in [7, 11) is 1.56. The number of amides is 2. The molecule has 2 amide bonds. The van der Waals surface area contributed by atoms with E-state index in [0.717, 1.165) is 4.88 Å². The van der Waals surface area contributed by atoms with Crippen molar-refractivity contribution in [2.24, 2.45) is 4.99 Å². The summed E-state index contributed by atoms with van der Waals surface area (Å²) in [6.45, 7) is 6.21. The van der Waals surface area contributed by atoms with Gasteiger partial charge in [-0.2, -0.15) is 4.99 Å². The van der Waals surface area contributed by atoms with Gasteiger partial charge in [0.15, 0.2) is 4.80 Å². The van der Waals surface area contributed by atoms with E-state index in [-0.39, 0.29) is 17.9 Å². The Labute approximate surface area is 168 Å². The molecule has 0 aliphatic carbocycles. The first-order chi connectivity index (χ1) is 13.5. The minimum atomic E-state index is -0.389. The topological polar surface area (TPSA) is 73.1 Å². The summed E-state index contributed by atoms with van der Waals surface area (Å²) in [5.74, 6) is 0.285. The van der Waals surface area contributed by atoms with Crippen LogP contribution < -0.4 is 9.54 Å². The Morgan fingerprint density at radius 1 is 1.32 bits per heavy atom. The number of hydrogen-bond acceptors (Lipinski definition) is 5. The van der Waals surface area contributed by atoms with Gasteiger partial charge in [0.25, 0.3) is 5.91 Å². The van der Waals surface area contributed by atoms with Crippen LogP contribution in [-0.4, -0.2) is 54.7 Å². The van der Waals surface area contributed by atoms with Gasteiger partial charge in [0.1, 0.15) is 11.8 Å². The van der Waals surface area contributed by atoms with Crippen LogP contribution >= 0.6 is 11.3 Å². The largest absolute Gasteiger partial charge is 0.497 e. The Bertz CT molecular complexity index is 912. The molecule has 1 aromatic heterocycles. The zero-order valence-electron chi connectivity index (χ0n) is 16.4. The van der Waals surface area contributed by atoms with Crippen LogP contribution in [0.1, 0.15) is 34.6 Å². The van der Waals surface area contributed by atoms with Crippen LogP contribution in [0.4, 0.5) is 0 Å². The number of carbonyl (C=O) groups is 2. The fourth-order valence-electron chi connectivity index (χ4n) is 3.17. The Hall–Kier alpha value is -2.45. The van der Waals surface area contributed by atoms with E-state index in [1.54, 1.807) is 31.4 Å². The van der Waals surface area contributed by atoms with Gasteiger partial charge in [-0.05, 0) is 31.5 Å². The number of methoxy groups -OCH3 is 1. The first-order valence-corrected chi connectivity index (χ1v) is 10.1. The maximum Gasteiger partial charge on any atom is 0.279 e. The van der Waals surface area contributed by atoms with Crippen molar-refractivity contribution in [1.82, 2.24) is 9.47 Å². The molecule has 2 aromatic rings. The predicted octanol–water partition coefficient (Wildman–Crippen LogP) is 2.42. The van der Waals surface area contributed by atoms with Gasteiger partial charge in [0.2, 0.25) is 5.91 Å². The van der Waals surface area contributed by atoms with E-state index >= 15 is 0 Å². The smallest absolute Gasteiger partial charge is 0.279 e. The van der Waals surface area contributed by atoms with Crippen LogP contribution in [0.5, 0.6) is 5.75 Å². The second-order valence-corrected chi connectivity index (χ2v) is 7.76. The molecule has 0 N–H and O–H groups in total. The normalized spacial score (nSPS) is 16.1. The molecule has 2 heterocycles. The van der Waals surface area contributed by atoms with Crippen LogP contribution in [0.3, 0.4) is 0 Å². The third-order valence-corrected chi connectivity index (χ3v) is 5.55. The molecule has 1 aromatic carbocycles. The highest BCUT2D eigenvalue weighted by Gasteiger charge is 2.27. The molecule has 1 fully saturated rings. The molecule has 1 saturated heterocycles. The second-order valence-electron chi connectivity index (χ2n) is 6.54. The van der Waals surface area contributed by atoms with E-state index < -0.39 is 0 Å². The number of morpholine rings is 1. The molecule has 1 aliphatic heterocycles. The summed E-state index contributed by atoms with van der Waals surface area (Å²) in [5, 5.41) is 0. The summed E-state index contributed by atoms with van der Waals surface area (Å²) in [5.41, 5.74) is 0.449. The van der Waals surface area contributed by atoms with Crippen LogP contribution in [0.15, 0.2) is 35.5 Å². The van der Waals surface area contributed by atoms with Crippen LogP contribution in [0.2, 0.25) is 0 Å². The lowest BCUT2D eigenvalue weighted by Gasteiger charge is -2.30. The van der Waals surface area contributed by atoms with Crippen molar-refractivity contribution in [3.05, 3.63) is 45.7 Å². The number of ether oxygens (including phenoxy) is 2. The average Bonchev–Trinajstić information content (AvgIpc) is 3.08. The zero-order valence-corrected chi connectivity index (χ0v) is 17.2. The maximum atomic E-state index is 13.0. The van der Waals surface area contributed by atoms with E-state index in [9.17, 15) is 9.59 Å². The summed E-state index contributed by atoms with van der Waals surface area (Å²) in [6.07, 6.45) is 2.52. The number of nitrogens with zero attached hydrogens (tertiary/aromatic N) is 3. The number of benzene rings is 1. The van der Waals surface area contributed by atoms with Crippen LogP contribution in [0.25, 0.3) is 0 Å². The lowest BCUT2D eigenvalue weighted by atomic mass is 10.2. The number of aryl methyl sites for hydroxylation is 1. The maximum absolute atomic E-state index is 13.0. The molecule has 0 spiro atoms. The van der Waals surface area contributed by atoms with Gasteiger partial charge in [0, 0.05) is 29.7 Å². The van der Waals surface area contributed by atoms with Crippen LogP contribution in [0, 0.1) is 6.92 Å². The lowest BCUT2D eigenvalue weighted by molar-refractivity contribution is -0.139. The van der Waals surface area contributed by atoms with Crippen molar-refractivity contribution < 1.29 is 19.1 Å². The van der Waals surface area contributed by atoms with E-state index in [4.69, 9.17) is 9.47 Å². The Morgan fingerprint density at radius 3 is 2.75 bits per heavy atom. The van der Waals surface area contributed by atoms with Crippen molar-refractivity contribution in [2.45, 2.75) is 26.3 Å². The van der Waals surface area contributed by atoms with E-state index in [1.165, 1.54) is 11.3 Å². The molecule has 8 heteroatoms. The molecular formula is C20H25N3O4S. The highest BCUT2D eigenvalue weighted by atomic mass is 32.1. The fraction of sp³-hybridized carbons (Fsp3) is 0.450. The van der Waals surface area contributed by atoms with Gasteiger partial charge in [-0.1, -0.05) is 13.0 Å². The zero-order chi connectivity index (χ0) is 20.1. The summed E-state index contributed by atoms with van der Waals surface area (Å²) in [6, 6.07) is 6.51. The molecule has 28 heavy (non-hydrogen) atoms. The molecule has 1 atom stereocenters. The third-order valence-electron chi connectivity index (χ3n) is 4.64. The van der Waals surface area contributed by atoms with Gasteiger partial charge < -0.3 is 18.9 Å². The SMILES string of the molecule is CCC(C(=O)N1CCOCC1)n1cc(C)sc1=NC(=O)c1cccc(OC)c1. The van der Waals surface area contributed by atoms with Crippen molar-refractivity contribution in [3.8, 4) is 5.75 Å². The van der Waals surface area contributed by atoms with Crippen molar-refractivity contribution in [3.63, 3.8) is 0 Å². The first-order valence-electron chi connectivity index (χ1n) is 9.31. The highest BCUT2D eigenvalue weighted by molar-refractivity contribution is 7.09. The number of thiazole rings is 1.